The maximum Gasteiger partial charge on any atom is 0.263 e. The highest BCUT2D eigenvalue weighted by atomic mass is 32.1. The largest absolute Gasteiger partial charge is 0.368 e. The van der Waals surface area contributed by atoms with Crippen LogP contribution in [0.3, 0.4) is 0 Å². The Bertz CT molecular complexity index is 1160. The Labute approximate surface area is 189 Å². The van der Waals surface area contributed by atoms with Crippen LogP contribution >= 0.6 is 11.3 Å². The number of carbonyl (C=O) groups is 2. The average Bonchev–Trinajstić information content (AvgIpc) is 3.25. The molecule has 0 unspecified atom stereocenters. The number of hydrogen-bond donors (Lipinski definition) is 2. The fraction of sp³-hybridized carbons (Fsp3) is 0.304. The lowest BCUT2D eigenvalue weighted by atomic mass is 10.1. The fourth-order valence-electron chi connectivity index (χ4n) is 3.68. The first kappa shape index (κ1) is 21.8. The summed E-state index contributed by atoms with van der Waals surface area (Å²) in [7, 11) is 0. The molecule has 3 aromatic rings. The van der Waals surface area contributed by atoms with E-state index in [2.05, 4.69) is 51.4 Å². The zero-order chi connectivity index (χ0) is 22.5. The highest BCUT2D eigenvalue weighted by molar-refractivity contribution is 7.14. The summed E-state index contributed by atoms with van der Waals surface area (Å²) in [6.07, 6.45) is 2.36. The number of hydrogen-bond acceptors (Lipinski definition) is 6. The summed E-state index contributed by atoms with van der Waals surface area (Å²) in [6.45, 7) is 5.13. The maximum atomic E-state index is 12.7. The van der Waals surface area contributed by atoms with Crippen molar-refractivity contribution in [3.8, 4) is 0 Å². The Morgan fingerprint density at radius 3 is 2.72 bits per heavy atom. The summed E-state index contributed by atoms with van der Waals surface area (Å²) in [4.78, 5) is 47.7. The van der Waals surface area contributed by atoms with Crippen molar-refractivity contribution in [3.63, 3.8) is 0 Å². The number of rotatable bonds is 6. The molecule has 3 heterocycles. The number of piperazine rings is 1. The highest BCUT2D eigenvalue weighted by Gasteiger charge is 2.21. The monoisotopic (exact) mass is 451 g/mol. The van der Waals surface area contributed by atoms with E-state index in [1.54, 1.807) is 6.07 Å². The number of anilines is 2. The quantitative estimate of drug-likeness (QED) is 0.600. The highest BCUT2D eigenvalue weighted by Crippen LogP contribution is 2.20. The zero-order valence-electron chi connectivity index (χ0n) is 17.8. The number of thiazole rings is 1. The van der Waals surface area contributed by atoms with Crippen molar-refractivity contribution in [2.75, 3.05) is 36.4 Å². The molecule has 1 saturated heterocycles. The topological polar surface area (TPSA) is 98.4 Å². The summed E-state index contributed by atoms with van der Waals surface area (Å²) in [5.74, 6) is -0.390. The van der Waals surface area contributed by atoms with E-state index in [4.69, 9.17) is 0 Å². The molecule has 4 rings (SSSR count). The van der Waals surface area contributed by atoms with E-state index in [-0.39, 0.29) is 11.5 Å². The lowest BCUT2D eigenvalue weighted by molar-refractivity contribution is -0.131. The molecule has 0 radical (unpaired) electrons. The van der Waals surface area contributed by atoms with Crippen LogP contribution < -0.4 is 15.8 Å². The van der Waals surface area contributed by atoms with Gasteiger partial charge in [0.2, 0.25) is 5.91 Å². The van der Waals surface area contributed by atoms with Crippen LogP contribution in [0.1, 0.15) is 28.0 Å². The zero-order valence-corrected chi connectivity index (χ0v) is 18.7. The number of carbonyl (C=O) groups excluding carboxylic acids is 2. The number of nitrogens with zero attached hydrogens (tertiary/aromatic N) is 3. The molecular formula is C23H25N5O3S. The number of aromatic nitrogens is 2. The third-order valence-electron chi connectivity index (χ3n) is 5.43. The number of H-pyrrole nitrogens is 1. The summed E-state index contributed by atoms with van der Waals surface area (Å²) in [5, 5.41) is 4.88. The Hall–Kier alpha value is -3.46. The average molecular weight is 452 g/mol. The maximum absolute atomic E-state index is 12.7. The lowest BCUT2D eigenvalue weighted by Gasteiger charge is -2.36. The molecule has 0 bridgehead atoms. The van der Waals surface area contributed by atoms with E-state index < -0.39 is 11.5 Å². The van der Waals surface area contributed by atoms with Gasteiger partial charge in [-0.15, -0.1) is 11.3 Å². The minimum absolute atomic E-state index is 0.0317. The summed E-state index contributed by atoms with van der Waals surface area (Å²) >= 11 is 1.28. The molecule has 2 amide bonds. The molecule has 1 fully saturated rings. The van der Waals surface area contributed by atoms with Gasteiger partial charge in [-0.05, 0) is 43.2 Å². The number of pyridine rings is 1. The molecule has 1 aliphatic heterocycles. The summed E-state index contributed by atoms with van der Waals surface area (Å²) in [5.41, 5.74) is 2.76. The van der Waals surface area contributed by atoms with Gasteiger partial charge < -0.3 is 14.8 Å². The molecule has 0 spiro atoms. The van der Waals surface area contributed by atoms with Crippen LogP contribution in [0.4, 0.5) is 10.8 Å². The SMILES string of the molecule is Cc1cccc(N2CCN(C(=O)CCc3csc(NC(=O)c4ccc[nH]c4=O)n3)CC2)c1. The van der Waals surface area contributed by atoms with E-state index in [9.17, 15) is 14.4 Å². The van der Waals surface area contributed by atoms with Crippen LogP contribution in [0.2, 0.25) is 0 Å². The van der Waals surface area contributed by atoms with Gasteiger partial charge in [0, 0.05) is 49.9 Å². The number of nitrogens with one attached hydrogen (secondary N) is 2. The minimum Gasteiger partial charge on any atom is -0.368 e. The van der Waals surface area contributed by atoms with Gasteiger partial charge in [-0.1, -0.05) is 12.1 Å². The predicted octanol–water partition coefficient (Wildman–Crippen LogP) is 2.67. The summed E-state index contributed by atoms with van der Waals surface area (Å²) in [6, 6.07) is 11.5. The lowest BCUT2D eigenvalue weighted by Crippen LogP contribution is -2.48. The molecule has 8 nitrogen and oxygen atoms in total. The minimum atomic E-state index is -0.504. The second-order valence-corrected chi connectivity index (χ2v) is 8.58. The van der Waals surface area contributed by atoms with Crippen molar-refractivity contribution in [1.29, 1.82) is 0 Å². The number of amides is 2. The van der Waals surface area contributed by atoms with Crippen molar-refractivity contribution in [2.45, 2.75) is 19.8 Å². The molecule has 2 N–H and O–H groups in total. The van der Waals surface area contributed by atoms with Crippen LogP contribution in [-0.4, -0.2) is 52.9 Å². The fourth-order valence-corrected chi connectivity index (χ4v) is 4.42. The van der Waals surface area contributed by atoms with Gasteiger partial charge in [0.15, 0.2) is 5.13 Å². The van der Waals surface area contributed by atoms with Crippen LogP contribution in [0.5, 0.6) is 0 Å². The standard InChI is InChI=1S/C23H25N5O3S/c1-16-4-2-5-18(14-16)27-10-12-28(13-11-27)20(29)8-7-17-15-32-23(25-17)26-22(31)19-6-3-9-24-21(19)30/h2-6,9,14-15H,7-8,10-13H2,1H3,(H,24,30)(H,25,26,31). The number of benzene rings is 1. The Morgan fingerprint density at radius 1 is 1.16 bits per heavy atom. The molecule has 32 heavy (non-hydrogen) atoms. The predicted molar refractivity (Wildman–Crippen MR) is 125 cm³/mol. The Morgan fingerprint density at radius 2 is 1.97 bits per heavy atom. The molecule has 0 saturated carbocycles. The van der Waals surface area contributed by atoms with E-state index in [0.29, 0.717) is 31.1 Å². The number of aromatic amines is 1. The van der Waals surface area contributed by atoms with Crippen molar-refractivity contribution in [1.82, 2.24) is 14.9 Å². The van der Waals surface area contributed by atoms with Crippen LogP contribution in [0.15, 0.2) is 52.8 Å². The molecule has 9 heteroatoms. The molecule has 166 valence electrons. The van der Waals surface area contributed by atoms with Crippen LogP contribution in [-0.2, 0) is 11.2 Å². The van der Waals surface area contributed by atoms with E-state index >= 15 is 0 Å². The molecular weight excluding hydrogens is 426 g/mol. The van der Waals surface area contributed by atoms with Crippen LogP contribution in [0.25, 0.3) is 0 Å². The first-order chi connectivity index (χ1) is 15.5. The molecule has 1 aliphatic rings. The molecule has 0 atom stereocenters. The first-order valence-corrected chi connectivity index (χ1v) is 11.4. The van der Waals surface area contributed by atoms with Crippen molar-refractivity contribution >= 4 is 34.0 Å². The third kappa shape index (κ3) is 5.23. The van der Waals surface area contributed by atoms with Gasteiger partial charge in [-0.2, -0.15) is 0 Å². The smallest absolute Gasteiger partial charge is 0.263 e. The molecule has 1 aromatic carbocycles. The first-order valence-electron chi connectivity index (χ1n) is 10.5. The van der Waals surface area contributed by atoms with Gasteiger partial charge in [-0.25, -0.2) is 4.98 Å². The molecule has 0 aliphatic carbocycles. The number of aryl methyl sites for hydroxylation is 2. The van der Waals surface area contributed by atoms with Gasteiger partial charge in [0.25, 0.3) is 11.5 Å². The molecule has 2 aromatic heterocycles. The van der Waals surface area contributed by atoms with Gasteiger partial charge in [0.05, 0.1) is 5.69 Å². The van der Waals surface area contributed by atoms with Crippen molar-refractivity contribution in [3.05, 3.63) is 75.1 Å². The van der Waals surface area contributed by atoms with Crippen LogP contribution in [0, 0.1) is 6.92 Å². The van der Waals surface area contributed by atoms with Crippen molar-refractivity contribution in [2.24, 2.45) is 0 Å². The normalized spacial score (nSPS) is 13.8. The Balaban J connectivity index is 1.25. The van der Waals surface area contributed by atoms with Gasteiger partial charge in [0.1, 0.15) is 5.56 Å². The van der Waals surface area contributed by atoms with Gasteiger partial charge in [-0.3, -0.25) is 19.7 Å². The van der Waals surface area contributed by atoms with Crippen molar-refractivity contribution < 1.29 is 9.59 Å². The third-order valence-corrected chi connectivity index (χ3v) is 6.24. The van der Waals surface area contributed by atoms with Gasteiger partial charge >= 0.3 is 0 Å². The Kier molecular flexibility index (Phi) is 6.65. The summed E-state index contributed by atoms with van der Waals surface area (Å²) < 4.78 is 0. The van der Waals surface area contributed by atoms with E-state index in [0.717, 1.165) is 18.8 Å². The second-order valence-electron chi connectivity index (χ2n) is 7.72. The second kappa shape index (κ2) is 9.78. The van der Waals surface area contributed by atoms with E-state index in [1.165, 1.54) is 34.9 Å². The van der Waals surface area contributed by atoms with E-state index in [1.807, 2.05) is 10.3 Å².